The molecule has 1 aliphatic rings. The first-order valence-corrected chi connectivity index (χ1v) is 10.7. The van der Waals surface area contributed by atoms with Gasteiger partial charge < -0.3 is 5.32 Å². The molecule has 20 heavy (non-hydrogen) atoms. The Balaban J connectivity index is 1.86. The van der Waals surface area contributed by atoms with Crippen LogP contribution in [0.5, 0.6) is 0 Å². The van der Waals surface area contributed by atoms with Gasteiger partial charge in [0.25, 0.3) is 0 Å². The maximum atomic E-state index is 12.0. The number of hydrogen-bond donors (Lipinski definition) is 1. The van der Waals surface area contributed by atoms with Gasteiger partial charge in [-0.15, -0.1) is 10.2 Å². The molecule has 0 saturated carbocycles. The molecule has 1 fully saturated rings. The molecule has 1 aromatic rings. The van der Waals surface area contributed by atoms with Crippen molar-refractivity contribution in [2.45, 2.75) is 33.3 Å². The zero-order valence-electron chi connectivity index (χ0n) is 11.0. The number of thioether (sulfide) groups is 2. The zero-order valence-corrected chi connectivity index (χ0v) is 14.3. The van der Waals surface area contributed by atoms with E-state index in [1.54, 1.807) is 6.92 Å². The number of carbonyl (C=O) groups is 1. The molecule has 0 bridgehead atoms. The average Bonchev–Trinajstić information content (AvgIpc) is 2.95. The second kappa shape index (κ2) is 6.63. The molecule has 112 valence electrons. The highest BCUT2D eigenvalue weighted by Gasteiger charge is 2.30. The van der Waals surface area contributed by atoms with Crippen LogP contribution in [0, 0.1) is 0 Å². The van der Waals surface area contributed by atoms with E-state index >= 15 is 0 Å². The highest BCUT2D eigenvalue weighted by atomic mass is 32.2. The molecule has 1 aromatic heterocycles. The Kier molecular flexibility index (Phi) is 5.32. The number of sulfone groups is 1. The summed E-state index contributed by atoms with van der Waals surface area (Å²) in [5.74, 6) is 0.0522. The number of aromatic nitrogens is 2. The summed E-state index contributed by atoms with van der Waals surface area (Å²) in [5.41, 5.74) is 0. The maximum absolute atomic E-state index is 12.0. The van der Waals surface area contributed by atoms with E-state index in [1.807, 2.05) is 6.26 Å². The van der Waals surface area contributed by atoms with Crippen LogP contribution in [0.15, 0.2) is 8.68 Å². The van der Waals surface area contributed by atoms with Gasteiger partial charge >= 0.3 is 0 Å². The molecule has 1 saturated heterocycles. The van der Waals surface area contributed by atoms with E-state index in [0.717, 1.165) is 8.68 Å². The Morgan fingerprint density at radius 3 is 2.70 bits per heavy atom. The van der Waals surface area contributed by atoms with Crippen LogP contribution in [0.2, 0.25) is 0 Å². The quantitative estimate of drug-likeness (QED) is 0.791. The third-order valence-corrected chi connectivity index (χ3v) is 7.64. The molecular weight excluding hydrogens is 338 g/mol. The van der Waals surface area contributed by atoms with Crippen molar-refractivity contribution >= 4 is 50.6 Å². The number of nitrogens with one attached hydrogen (secondary N) is 1. The summed E-state index contributed by atoms with van der Waals surface area (Å²) in [4.78, 5) is 12.0. The number of amides is 1. The molecule has 0 spiro atoms. The fourth-order valence-electron chi connectivity index (χ4n) is 1.76. The highest BCUT2D eigenvalue weighted by molar-refractivity contribution is 8.03. The van der Waals surface area contributed by atoms with Gasteiger partial charge in [0.15, 0.2) is 18.5 Å². The topological polar surface area (TPSA) is 89.0 Å². The first kappa shape index (κ1) is 16.1. The molecule has 2 atom stereocenters. The molecule has 0 radical (unpaired) electrons. The van der Waals surface area contributed by atoms with E-state index in [2.05, 4.69) is 15.5 Å². The first-order chi connectivity index (χ1) is 9.39. The molecule has 1 amide bonds. The van der Waals surface area contributed by atoms with Crippen molar-refractivity contribution in [1.29, 1.82) is 0 Å². The van der Waals surface area contributed by atoms with Gasteiger partial charge in [-0.05, 0) is 19.6 Å². The average molecular weight is 354 g/mol. The summed E-state index contributed by atoms with van der Waals surface area (Å²) < 4.78 is 24.3. The lowest BCUT2D eigenvalue weighted by molar-refractivity contribution is -0.120. The second-order valence-electron chi connectivity index (χ2n) is 4.41. The van der Waals surface area contributed by atoms with E-state index in [-0.39, 0.29) is 28.7 Å². The third-order valence-electron chi connectivity index (χ3n) is 2.79. The largest absolute Gasteiger partial charge is 0.351 e. The fraction of sp³-hybridized carbons (Fsp3) is 0.700. The van der Waals surface area contributed by atoms with Crippen LogP contribution in [0.4, 0.5) is 0 Å². The van der Waals surface area contributed by atoms with Crippen LogP contribution in [0.3, 0.4) is 0 Å². The van der Waals surface area contributed by atoms with E-state index in [0.29, 0.717) is 6.42 Å². The SMILES string of the molecule is CSc1nnc(S[C@@H](C)C(=O)N[C@H]2CCS(=O)(=O)C2)s1. The lowest BCUT2D eigenvalue weighted by Gasteiger charge is -2.14. The predicted octanol–water partition coefficient (Wildman–Crippen LogP) is 1.04. The van der Waals surface area contributed by atoms with Gasteiger partial charge in [0, 0.05) is 6.04 Å². The summed E-state index contributed by atoms with van der Waals surface area (Å²) in [6.45, 7) is 1.78. The molecule has 1 aliphatic heterocycles. The lowest BCUT2D eigenvalue weighted by Crippen LogP contribution is -2.39. The van der Waals surface area contributed by atoms with Crippen LogP contribution in [-0.2, 0) is 14.6 Å². The Hall–Kier alpha value is -0.320. The molecule has 2 heterocycles. The molecule has 10 heteroatoms. The van der Waals surface area contributed by atoms with E-state index in [1.165, 1.54) is 34.9 Å². The Labute approximate surface area is 130 Å². The standard InChI is InChI=1S/C10H15N3O3S4/c1-6(18-10-13-12-9(17-2)19-10)8(14)11-7-3-4-20(15,16)5-7/h6-7H,3-5H2,1-2H3,(H,11,14)/t6-,7-/m0/s1. The minimum atomic E-state index is -2.97. The van der Waals surface area contributed by atoms with Gasteiger partial charge in [-0.2, -0.15) is 0 Å². The van der Waals surface area contributed by atoms with Gasteiger partial charge in [0.05, 0.1) is 16.8 Å². The van der Waals surface area contributed by atoms with Crippen molar-refractivity contribution in [1.82, 2.24) is 15.5 Å². The van der Waals surface area contributed by atoms with E-state index in [9.17, 15) is 13.2 Å². The smallest absolute Gasteiger partial charge is 0.233 e. The van der Waals surface area contributed by atoms with Crippen LogP contribution in [-0.4, -0.2) is 53.6 Å². The Morgan fingerprint density at radius 2 is 2.15 bits per heavy atom. The normalized spacial score (nSPS) is 22.6. The van der Waals surface area contributed by atoms with Crippen LogP contribution in [0.1, 0.15) is 13.3 Å². The Morgan fingerprint density at radius 1 is 1.45 bits per heavy atom. The van der Waals surface area contributed by atoms with Gasteiger partial charge in [-0.3, -0.25) is 4.79 Å². The minimum Gasteiger partial charge on any atom is -0.351 e. The second-order valence-corrected chi connectivity index (χ2v) is 10.3. The molecule has 0 aromatic carbocycles. The maximum Gasteiger partial charge on any atom is 0.233 e. The van der Waals surface area contributed by atoms with E-state index in [4.69, 9.17) is 0 Å². The molecule has 2 rings (SSSR count). The number of carbonyl (C=O) groups excluding carboxylic acids is 1. The van der Waals surface area contributed by atoms with Crippen LogP contribution < -0.4 is 5.32 Å². The zero-order chi connectivity index (χ0) is 14.8. The predicted molar refractivity (Wildman–Crippen MR) is 82.2 cm³/mol. The first-order valence-electron chi connectivity index (χ1n) is 5.94. The van der Waals surface area contributed by atoms with Crippen molar-refractivity contribution in [3.8, 4) is 0 Å². The van der Waals surface area contributed by atoms with Crippen molar-refractivity contribution < 1.29 is 13.2 Å². The summed E-state index contributed by atoms with van der Waals surface area (Å²) in [6, 6.07) is -0.258. The van der Waals surface area contributed by atoms with Gasteiger partial charge in [0.1, 0.15) is 0 Å². The Bertz CT molecular complexity index is 586. The van der Waals surface area contributed by atoms with Crippen LogP contribution >= 0.6 is 34.9 Å². The number of rotatable bonds is 5. The highest BCUT2D eigenvalue weighted by Crippen LogP contribution is 2.30. The summed E-state index contributed by atoms with van der Waals surface area (Å²) >= 11 is 4.31. The summed E-state index contributed by atoms with van der Waals surface area (Å²) in [5, 5.41) is 10.4. The third kappa shape index (κ3) is 4.34. The number of nitrogens with zero attached hydrogens (tertiary/aromatic N) is 2. The number of hydrogen-bond acceptors (Lipinski definition) is 8. The monoisotopic (exact) mass is 353 g/mol. The minimum absolute atomic E-state index is 0.0472. The van der Waals surface area contributed by atoms with Gasteiger partial charge in [-0.1, -0.05) is 34.9 Å². The van der Waals surface area contributed by atoms with E-state index < -0.39 is 9.84 Å². The van der Waals surface area contributed by atoms with Crippen molar-refractivity contribution in [3.63, 3.8) is 0 Å². The molecule has 0 unspecified atom stereocenters. The molecule has 1 N–H and O–H groups in total. The fourth-order valence-corrected chi connectivity index (χ4v) is 6.02. The van der Waals surface area contributed by atoms with Crippen molar-refractivity contribution in [2.24, 2.45) is 0 Å². The van der Waals surface area contributed by atoms with Gasteiger partial charge in [-0.25, -0.2) is 8.42 Å². The molecular formula is C10H15N3O3S4. The lowest BCUT2D eigenvalue weighted by atomic mass is 10.2. The molecule has 0 aliphatic carbocycles. The summed E-state index contributed by atoms with van der Waals surface area (Å²) in [7, 11) is -2.97. The van der Waals surface area contributed by atoms with Crippen molar-refractivity contribution in [2.75, 3.05) is 17.8 Å². The summed E-state index contributed by atoms with van der Waals surface area (Å²) in [6.07, 6.45) is 2.42. The van der Waals surface area contributed by atoms with Crippen LogP contribution in [0.25, 0.3) is 0 Å². The van der Waals surface area contributed by atoms with Gasteiger partial charge in [0.2, 0.25) is 5.91 Å². The molecule has 6 nitrogen and oxygen atoms in total. The van der Waals surface area contributed by atoms with Crippen molar-refractivity contribution in [3.05, 3.63) is 0 Å².